The molecule has 1 saturated heterocycles. The minimum absolute atomic E-state index is 0.250. The lowest BCUT2D eigenvalue weighted by molar-refractivity contribution is -0.424. The monoisotopic (exact) mass is 374 g/mol. The summed E-state index contributed by atoms with van der Waals surface area (Å²) in [6.07, 6.45) is 4.61. The van der Waals surface area contributed by atoms with Crippen molar-refractivity contribution in [2.24, 2.45) is 29.1 Å². The minimum Gasteiger partial charge on any atom is -0.298 e. The standard InChI is InChI=1S/C14H20N2O.C7H4F2O/c1-13(2)12(17)16(15(13)3)11-9-5-7-4-8-6-10(11)14(7,8)9;8-6-3-1-2-5(4-10)7(6)9/h7-11H,4-6H2,1-3H3;1-4H. The van der Waals surface area contributed by atoms with Crippen LogP contribution in [0.5, 0.6) is 0 Å². The summed E-state index contributed by atoms with van der Waals surface area (Å²) >= 11 is 0. The van der Waals surface area contributed by atoms with Gasteiger partial charge >= 0.3 is 0 Å². The maximum absolute atomic E-state index is 12.4. The van der Waals surface area contributed by atoms with Gasteiger partial charge in [-0.05, 0) is 74.3 Å². The molecular formula is C21H24F2N2O2. The number of rotatable bonds is 2. The van der Waals surface area contributed by atoms with E-state index in [0.717, 1.165) is 35.2 Å². The second-order valence-electron chi connectivity index (χ2n) is 9.30. The van der Waals surface area contributed by atoms with E-state index >= 15 is 0 Å². The Labute approximate surface area is 157 Å². The number of carbonyl (C=O) groups is 2. The number of hydrogen-bond acceptors (Lipinski definition) is 3. The molecule has 1 amide bonds. The van der Waals surface area contributed by atoms with Gasteiger partial charge in [0, 0.05) is 7.05 Å². The van der Waals surface area contributed by atoms with Crippen LogP contribution in [0.3, 0.4) is 0 Å². The van der Waals surface area contributed by atoms with Crippen molar-refractivity contribution in [1.29, 1.82) is 0 Å². The average molecular weight is 374 g/mol. The lowest BCUT2D eigenvalue weighted by Crippen LogP contribution is -2.92. The summed E-state index contributed by atoms with van der Waals surface area (Å²) in [5.74, 6) is 2.12. The van der Waals surface area contributed by atoms with Crippen molar-refractivity contribution in [2.75, 3.05) is 7.05 Å². The molecule has 0 bridgehead atoms. The van der Waals surface area contributed by atoms with E-state index in [9.17, 15) is 18.4 Å². The van der Waals surface area contributed by atoms with Gasteiger partial charge in [-0.3, -0.25) is 14.6 Å². The van der Waals surface area contributed by atoms with Crippen LogP contribution in [0.1, 0.15) is 43.5 Å². The molecule has 4 nitrogen and oxygen atoms in total. The first-order valence-corrected chi connectivity index (χ1v) is 9.72. The Bertz CT molecular complexity index is 833. The molecule has 4 unspecified atom stereocenters. The van der Waals surface area contributed by atoms with Crippen LogP contribution in [-0.2, 0) is 4.79 Å². The Morgan fingerprint density at radius 3 is 2.22 bits per heavy atom. The number of hydrogen-bond donors (Lipinski definition) is 0. The summed E-state index contributed by atoms with van der Waals surface area (Å²) in [7, 11) is 2.08. The first kappa shape index (κ1) is 17.3. The van der Waals surface area contributed by atoms with Crippen LogP contribution >= 0.6 is 0 Å². The Balaban J connectivity index is 0.000000139. The quantitative estimate of drug-likeness (QED) is 0.746. The highest BCUT2D eigenvalue weighted by Gasteiger charge is 2.86. The van der Waals surface area contributed by atoms with Crippen LogP contribution in [0.4, 0.5) is 8.78 Å². The van der Waals surface area contributed by atoms with E-state index in [1.807, 2.05) is 13.8 Å². The predicted molar refractivity (Wildman–Crippen MR) is 94.5 cm³/mol. The molecule has 4 saturated carbocycles. The van der Waals surface area contributed by atoms with E-state index < -0.39 is 11.6 Å². The zero-order valence-electron chi connectivity index (χ0n) is 15.8. The van der Waals surface area contributed by atoms with Gasteiger partial charge in [-0.2, -0.15) is 0 Å². The van der Waals surface area contributed by atoms with Crippen LogP contribution < -0.4 is 0 Å². The van der Waals surface area contributed by atoms with Gasteiger partial charge in [0.15, 0.2) is 17.9 Å². The molecule has 27 heavy (non-hydrogen) atoms. The maximum Gasteiger partial charge on any atom is 0.258 e. The summed E-state index contributed by atoms with van der Waals surface area (Å²) in [5.41, 5.74) is 0.264. The first-order chi connectivity index (χ1) is 12.8. The predicted octanol–water partition coefficient (Wildman–Crippen LogP) is 3.28. The molecule has 6 rings (SSSR count). The van der Waals surface area contributed by atoms with Crippen molar-refractivity contribution in [3.63, 3.8) is 0 Å². The third kappa shape index (κ3) is 1.76. The zero-order chi connectivity index (χ0) is 19.3. The maximum atomic E-state index is 12.4. The molecule has 0 N–H and O–H groups in total. The minimum atomic E-state index is -1.09. The molecule has 0 aromatic heterocycles. The lowest BCUT2D eigenvalue weighted by atomic mass is 9.17. The summed E-state index contributed by atoms with van der Waals surface area (Å²) in [6, 6.07) is 4.03. The van der Waals surface area contributed by atoms with E-state index in [4.69, 9.17) is 0 Å². The number of amides is 1. The van der Waals surface area contributed by atoms with Crippen LogP contribution in [0, 0.1) is 40.7 Å². The summed E-state index contributed by atoms with van der Waals surface area (Å²) in [4.78, 5) is 22.2. The number of likely N-dealkylation sites (N-methyl/N-ethyl adjacent to an activating group) is 1. The first-order valence-electron chi connectivity index (χ1n) is 9.72. The molecule has 4 aliphatic carbocycles. The van der Waals surface area contributed by atoms with Gasteiger partial charge in [-0.1, -0.05) is 6.07 Å². The van der Waals surface area contributed by atoms with Gasteiger partial charge in [0.2, 0.25) is 0 Å². The Hall–Kier alpha value is -1.82. The van der Waals surface area contributed by atoms with Crippen molar-refractivity contribution >= 4 is 12.2 Å². The molecule has 0 radical (unpaired) electrons. The molecule has 5 fully saturated rings. The van der Waals surface area contributed by atoms with E-state index in [1.54, 1.807) is 0 Å². The fourth-order valence-electron chi connectivity index (χ4n) is 6.81. The molecule has 1 aliphatic heterocycles. The smallest absolute Gasteiger partial charge is 0.258 e. The van der Waals surface area contributed by atoms with Gasteiger partial charge in [0.1, 0.15) is 5.54 Å². The van der Waals surface area contributed by atoms with Gasteiger partial charge in [0.25, 0.3) is 5.91 Å². The number of benzene rings is 1. The van der Waals surface area contributed by atoms with Crippen molar-refractivity contribution in [2.45, 2.75) is 44.7 Å². The van der Waals surface area contributed by atoms with Gasteiger partial charge in [-0.15, -0.1) is 0 Å². The van der Waals surface area contributed by atoms with Gasteiger partial charge in [0.05, 0.1) is 11.6 Å². The summed E-state index contributed by atoms with van der Waals surface area (Å²) in [5, 5.41) is 4.29. The van der Waals surface area contributed by atoms with Crippen LogP contribution in [0.25, 0.3) is 0 Å². The molecule has 1 aromatic rings. The van der Waals surface area contributed by atoms with Crippen LogP contribution in [0.2, 0.25) is 0 Å². The largest absolute Gasteiger partial charge is 0.298 e. The van der Waals surface area contributed by atoms with E-state index in [0.29, 0.717) is 11.9 Å². The van der Waals surface area contributed by atoms with Crippen molar-refractivity contribution in [1.82, 2.24) is 10.0 Å². The fourth-order valence-corrected chi connectivity index (χ4v) is 6.81. The molecule has 1 aromatic carbocycles. The van der Waals surface area contributed by atoms with Crippen molar-refractivity contribution in [3.8, 4) is 0 Å². The highest BCUT2D eigenvalue weighted by molar-refractivity contribution is 5.90. The third-order valence-corrected chi connectivity index (χ3v) is 8.42. The van der Waals surface area contributed by atoms with Crippen LogP contribution in [-0.4, -0.2) is 40.8 Å². The van der Waals surface area contributed by atoms with Gasteiger partial charge < -0.3 is 0 Å². The Morgan fingerprint density at radius 1 is 1.11 bits per heavy atom. The number of hydrazine groups is 1. The van der Waals surface area contributed by atoms with E-state index in [2.05, 4.69) is 17.1 Å². The molecule has 1 spiro atoms. The number of halogens is 2. The van der Waals surface area contributed by atoms with Crippen LogP contribution in [0.15, 0.2) is 18.2 Å². The number of nitrogens with zero attached hydrogens (tertiary/aromatic N) is 2. The van der Waals surface area contributed by atoms with Gasteiger partial charge in [-0.25, -0.2) is 13.8 Å². The lowest BCUT2D eigenvalue weighted by Gasteiger charge is -2.90. The van der Waals surface area contributed by atoms with E-state index in [-0.39, 0.29) is 17.4 Å². The Kier molecular flexibility index (Phi) is 3.30. The highest BCUT2D eigenvalue weighted by atomic mass is 19.2. The molecule has 5 aliphatic rings. The molecule has 4 atom stereocenters. The average Bonchev–Trinajstić information content (AvgIpc) is 2.58. The summed E-state index contributed by atoms with van der Waals surface area (Å²) < 4.78 is 24.6. The second-order valence-corrected chi connectivity index (χ2v) is 9.30. The number of aldehydes is 1. The molecule has 144 valence electrons. The van der Waals surface area contributed by atoms with E-state index in [1.165, 1.54) is 31.4 Å². The topological polar surface area (TPSA) is 40.6 Å². The number of carbonyl (C=O) groups excluding carboxylic acids is 2. The van der Waals surface area contributed by atoms with Crippen molar-refractivity contribution in [3.05, 3.63) is 35.4 Å². The Morgan fingerprint density at radius 2 is 1.74 bits per heavy atom. The third-order valence-electron chi connectivity index (χ3n) is 8.42. The molecule has 1 heterocycles. The molecule has 6 heteroatoms. The second kappa shape index (κ2) is 5.16. The normalized spacial score (nSPS) is 41.9. The fraction of sp³-hybridized carbons (Fsp3) is 0.619. The molecular weight excluding hydrogens is 350 g/mol. The highest BCUT2D eigenvalue weighted by Crippen LogP contribution is 2.88. The van der Waals surface area contributed by atoms with Crippen molar-refractivity contribution < 1.29 is 18.4 Å². The summed E-state index contributed by atoms with van der Waals surface area (Å²) in [6.45, 7) is 4.08. The SMILES string of the molecule is CN1N(C2C3CC4CC5CC2C453)C(=O)C1(C)C.O=Cc1cccc(F)c1F. The zero-order valence-corrected chi connectivity index (χ0v) is 15.8.